The molecule has 0 aromatic carbocycles. The largest absolute Gasteiger partial charge is 0.269 e. The minimum atomic E-state index is 0.148. The molecule has 0 heterocycles. The molecule has 0 N–H and O–H groups in total. The molecule has 0 aromatic rings. The summed E-state index contributed by atoms with van der Waals surface area (Å²) in [5.41, 5.74) is 0. The third kappa shape index (κ3) is 11.4. The predicted molar refractivity (Wildman–Crippen MR) is 86.0 cm³/mol. The highest BCUT2D eigenvalue weighted by molar-refractivity contribution is 8.10. The highest BCUT2D eigenvalue weighted by Crippen LogP contribution is 2.10. The Labute approximate surface area is 121 Å². The Morgan fingerprint density at radius 2 is 2.00 bits per heavy atom. The number of unbranched alkanes of at least 4 members (excludes halogenated alkanes) is 3. The molecule has 0 aliphatic carbocycles. The number of hydrogen-bond donors (Lipinski definition) is 1. The molecule has 0 aliphatic heterocycles. The second kappa shape index (κ2) is 11.6. The van der Waals surface area contributed by atoms with E-state index in [0.717, 1.165) is 12.3 Å². The van der Waals surface area contributed by atoms with Gasteiger partial charge in [-0.15, -0.1) is 12.6 Å². The van der Waals surface area contributed by atoms with Gasteiger partial charge in [0.1, 0.15) is 0 Å². The minimum Gasteiger partial charge on any atom is -0.269 e. The standard InChI is InChI=1S/C12H25NOS3/c1-4-5-6-7-9-17-10-8-13(12(15)16)14-11(2)3/h11H,4-10H2,1-3H3,(H,15,16). The van der Waals surface area contributed by atoms with Crippen LogP contribution in [0.5, 0.6) is 0 Å². The zero-order chi connectivity index (χ0) is 13.1. The number of thioether (sulfide) groups is 1. The molecular formula is C12H25NOS3. The highest BCUT2D eigenvalue weighted by atomic mass is 32.2. The second-order valence-corrected chi connectivity index (χ2v) is 6.55. The summed E-state index contributed by atoms with van der Waals surface area (Å²) < 4.78 is 0.519. The molecule has 0 bridgehead atoms. The fourth-order valence-corrected chi connectivity index (χ4v) is 2.52. The van der Waals surface area contributed by atoms with Crippen LogP contribution >= 0.6 is 36.6 Å². The highest BCUT2D eigenvalue weighted by Gasteiger charge is 2.08. The topological polar surface area (TPSA) is 12.5 Å². The molecule has 102 valence electrons. The molecule has 0 aliphatic rings. The molecule has 0 radical (unpaired) electrons. The van der Waals surface area contributed by atoms with Gasteiger partial charge in [0.15, 0.2) is 4.32 Å². The van der Waals surface area contributed by atoms with E-state index < -0.39 is 0 Å². The fraction of sp³-hybridized carbons (Fsp3) is 0.917. The fourth-order valence-electron chi connectivity index (χ4n) is 1.33. The minimum absolute atomic E-state index is 0.148. The molecule has 5 heteroatoms. The van der Waals surface area contributed by atoms with Crippen molar-refractivity contribution in [1.29, 1.82) is 0 Å². The normalized spacial score (nSPS) is 10.9. The van der Waals surface area contributed by atoms with Crippen LogP contribution in [0.1, 0.15) is 46.5 Å². The Bertz CT molecular complexity index is 200. The number of hydroxylamine groups is 2. The quantitative estimate of drug-likeness (QED) is 0.281. The van der Waals surface area contributed by atoms with Gasteiger partial charge in [-0.3, -0.25) is 4.84 Å². The van der Waals surface area contributed by atoms with Crippen LogP contribution in [0.2, 0.25) is 0 Å². The van der Waals surface area contributed by atoms with Gasteiger partial charge >= 0.3 is 0 Å². The number of nitrogens with zero attached hydrogens (tertiary/aromatic N) is 1. The van der Waals surface area contributed by atoms with Crippen molar-refractivity contribution < 1.29 is 4.84 Å². The van der Waals surface area contributed by atoms with Crippen LogP contribution in [-0.2, 0) is 4.84 Å². The number of rotatable bonds is 10. The molecule has 2 nitrogen and oxygen atoms in total. The van der Waals surface area contributed by atoms with Crippen molar-refractivity contribution >= 4 is 40.9 Å². The lowest BCUT2D eigenvalue weighted by Crippen LogP contribution is -2.31. The average molecular weight is 296 g/mol. The van der Waals surface area contributed by atoms with Crippen LogP contribution in [0.15, 0.2) is 0 Å². The summed E-state index contributed by atoms with van der Waals surface area (Å²) >= 11 is 11.1. The number of thiocarbonyl (C=S) groups is 1. The lowest BCUT2D eigenvalue weighted by Gasteiger charge is -2.23. The molecule has 17 heavy (non-hydrogen) atoms. The van der Waals surface area contributed by atoms with E-state index in [-0.39, 0.29) is 6.10 Å². The summed E-state index contributed by atoms with van der Waals surface area (Å²) in [4.78, 5) is 5.56. The van der Waals surface area contributed by atoms with Gasteiger partial charge in [-0.25, -0.2) is 5.06 Å². The van der Waals surface area contributed by atoms with E-state index in [0.29, 0.717) is 4.32 Å². The molecule has 0 unspecified atom stereocenters. The van der Waals surface area contributed by atoms with Gasteiger partial charge in [0.25, 0.3) is 0 Å². The van der Waals surface area contributed by atoms with Crippen LogP contribution in [0.25, 0.3) is 0 Å². The van der Waals surface area contributed by atoms with Gasteiger partial charge in [0.2, 0.25) is 0 Å². The Hall–Kier alpha value is 0.550. The molecular weight excluding hydrogens is 270 g/mol. The van der Waals surface area contributed by atoms with Crippen LogP contribution in [0.4, 0.5) is 0 Å². The van der Waals surface area contributed by atoms with Crippen LogP contribution in [0.3, 0.4) is 0 Å². The molecule has 0 aromatic heterocycles. The molecule has 0 atom stereocenters. The third-order valence-electron chi connectivity index (χ3n) is 2.13. The monoisotopic (exact) mass is 295 g/mol. The van der Waals surface area contributed by atoms with Gasteiger partial charge in [-0.05, 0) is 26.0 Å². The van der Waals surface area contributed by atoms with Crippen molar-refractivity contribution in [2.75, 3.05) is 18.1 Å². The second-order valence-electron chi connectivity index (χ2n) is 4.21. The molecule has 0 amide bonds. The summed E-state index contributed by atoms with van der Waals surface area (Å²) in [5, 5.41) is 1.71. The van der Waals surface area contributed by atoms with E-state index >= 15 is 0 Å². The lowest BCUT2D eigenvalue weighted by molar-refractivity contribution is -0.124. The van der Waals surface area contributed by atoms with E-state index in [1.54, 1.807) is 5.06 Å². The van der Waals surface area contributed by atoms with Crippen molar-refractivity contribution in [2.24, 2.45) is 0 Å². The summed E-state index contributed by atoms with van der Waals surface area (Å²) in [6.07, 6.45) is 5.46. The molecule has 0 spiro atoms. The van der Waals surface area contributed by atoms with E-state index in [4.69, 9.17) is 17.1 Å². The summed E-state index contributed by atoms with van der Waals surface area (Å²) in [7, 11) is 0. The Balaban J connectivity index is 3.51. The van der Waals surface area contributed by atoms with Crippen molar-refractivity contribution in [3.63, 3.8) is 0 Å². The van der Waals surface area contributed by atoms with Gasteiger partial charge < -0.3 is 0 Å². The van der Waals surface area contributed by atoms with Crippen molar-refractivity contribution in [1.82, 2.24) is 5.06 Å². The van der Waals surface area contributed by atoms with Crippen LogP contribution < -0.4 is 0 Å². The van der Waals surface area contributed by atoms with Crippen molar-refractivity contribution in [3.05, 3.63) is 0 Å². The summed E-state index contributed by atoms with van der Waals surface area (Å²) in [6.45, 7) is 7.05. The average Bonchev–Trinajstić information content (AvgIpc) is 2.25. The van der Waals surface area contributed by atoms with E-state index in [1.807, 2.05) is 25.6 Å². The van der Waals surface area contributed by atoms with Gasteiger partial charge in [-0.2, -0.15) is 11.8 Å². The summed E-state index contributed by atoms with van der Waals surface area (Å²) in [5.74, 6) is 2.27. The number of hydrogen-bond acceptors (Lipinski definition) is 3. The maximum absolute atomic E-state index is 5.56. The van der Waals surface area contributed by atoms with Gasteiger partial charge in [0.05, 0.1) is 12.6 Å². The van der Waals surface area contributed by atoms with Gasteiger partial charge in [-0.1, -0.05) is 38.4 Å². The smallest absolute Gasteiger partial charge is 0.157 e. The first-order valence-electron chi connectivity index (χ1n) is 6.32. The van der Waals surface area contributed by atoms with E-state index in [9.17, 15) is 0 Å². The number of thiol groups is 1. The van der Waals surface area contributed by atoms with Gasteiger partial charge in [0, 0.05) is 5.75 Å². The van der Waals surface area contributed by atoms with Crippen LogP contribution in [0, 0.1) is 0 Å². The van der Waals surface area contributed by atoms with E-state index in [1.165, 1.54) is 31.4 Å². The first-order valence-corrected chi connectivity index (χ1v) is 8.34. The SMILES string of the molecule is CCCCCCSCCN(OC(C)C)C(=S)S. The van der Waals surface area contributed by atoms with E-state index in [2.05, 4.69) is 19.6 Å². The molecule has 0 saturated carbocycles. The Morgan fingerprint density at radius 3 is 2.53 bits per heavy atom. The Kier molecular flexibility index (Phi) is 12.0. The van der Waals surface area contributed by atoms with Crippen molar-refractivity contribution in [2.45, 2.75) is 52.6 Å². The molecule has 0 saturated heterocycles. The first kappa shape index (κ1) is 17.6. The molecule has 0 fully saturated rings. The lowest BCUT2D eigenvalue weighted by atomic mass is 10.2. The first-order chi connectivity index (χ1) is 8.07. The maximum Gasteiger partial charge on any atom is 0.157 e. The zero-order valence-electron chi connectivity index (χ0n) is 11.1. The zero-order valence-corrected chi connectivity index (χ0v) is 13.7. The maximum atomic E-state index is 5.56. The predicted octanol–water partition coefficient (Wildman–Crippen LogP) is 4.16. The van der Waals surface area contributed by atoms with Crippen molar-refractivity contribution in [3.8, 4) is 0 Å². The molecule has 0 rings (SSSR count). The van der Waals surface area contributed by atoms with Crippen LogP contribution in [-0.4, -0.2) is 33.5 Å². The Morgan fingerprint density at radius 1 is 1.29 bits per heavy atom. The third-order valence-corrected chi connectivity index (χ3v) is 3.61. The summed E-state index contributed by atoms with van der Waals surface area (Å²) in [6, 6.07) is 0.